The first-order chi connectivity index (χ1) is 5.83. The average molecular weight is 160 g/mol. The highest BCUT2D eigenvalue weighted by atomic mass is 16.3. The van der Waals surface area contributed by atoms with Crippen LogP contribution in [0.5, 0.6) is 5.75 Å². The standard InChI is InChI=1S/C11H12O/c1-2-3-4-6-10-7-5-8-11(12)9-10/h5,7-9,12H,2-3H2,1H3. The van der Waals surface area contributed by atoms with Gasteiger partial charge < -0.3 is 5.11 Å². The lowest BCUT2D eigenvalue weighted by Gasteiger charge is -1.90. The van der Waals surface area contributed by atoms with E-state index < -0.39 is 0 Å². The quantitative estimate of drug-likeness (QED) is 0.626. The van der Waals surface area contributed by atoms with Crippen LogP contribution < -0.4 is 0 Å². The maximum Gasteiger partial charge on any atom is 0.116 e. The summed E-state index contributed by atoms with van der Waals surface area (Å²) < 4.78 is 0. The van der Waals surface area contributed by atoms with Gasteiger partial charge in [-0.15, -0.1) is 0 Å². The van der Waals surface area contributed by atoms with Crippen LogP contribution in [0.15, 0.2) is 24.3 Å². The Hall–Kier alpha value is -1.42. The van der Waals surface area contributed by atoms with Gasteiger partial charge in [-0.2, -0.15) is 0 Å². The van der Waals surface area contributed by atoms with Gasteiger partial charge in [0.1, 0.15) is 5.75 Å². The maximum atomic E-state index is 9.10. The van der Waals surface area contributed by atoms with Gasteiger partial charge in [-0.3, -0.25) is 0 Å². The highest BCUT2D eigenvalue weighted by molar-refractivity contribution is 5.38. The van der Waals surface area contributed by atoms with Crippen molar-refractivity contribution in [3.05, 3.63) is 29.8 Å². The number of phenolic OH excluding ortho intramolecular Hbond substituents is 1. The monoisotopic (exact) mass is 160 g/mol. The molecule has 12 heavy (non-hydrogen) atoms. The van der Waals surface area contributed by atoms with Crippen LogP contribution >= 0.6 is 0 Å². The van der Waals surface area contributed by atoms with Crippen LogP contribution in [-0.4, -0.2) is 5.11 Å². The van der Waals surface area contributed by atoms with Crippen molar-refractivity contribution in [2.24, 2.45) is 0 Å². The Bertz CT molecular complexity index is 304. The molecule has 1 aromatic rings. The van der Waals surface area contributed by atoms with Crippen molar-refractivity contribution in [3.63, 3.8) is 0 Å². The lowest BCUT2D eigenvalue weighted by Crippen LogP contribution is -1.72. The fourth-order valence-electron chi connectivity index (χ4n) is 0.873. The molecule has 0 aromatic heterocycles. The minimum atomic E-state index is 0.276. The number of unbranched alkanes of at least 4 members (excludes halogenated alkanes) is 1. The number of phenols is 1. The molecule has 0 heterocycles. The highest BCUT2D eigenvalue weighted by Gasteiger charge is 1.87. The van der Waals surface area contributed by atoms with E-state index >= 15 is 0 Å². The van der Waals surface area contributed by atoms with E-state index in [9.17, 15) is 0 Å². The van der Waals surface area contributed by atoms with Gasteiger partial charge >= 0.3 is 0 Å². The Balaban J connectivity index is 2.71. The van der Waals surface area contributed by atoms with Crippen LogP contribution in [0.4, 0.5) is 0 Å². The summed E-state index contributed by atoms with van der Waals surface area (Å²) in [4.78, 5) is 0. The number of benzene rings is 1. The van der Waals surface area contributed by atoms with E-state index in [1.807, 2.05) is 6.07 Å². The van der Waals surface area contributed by atoms with Crippen LogP contribution in [0.25, 0.3) is 0 Å². The molecule has 62 valence electrons. The van der Waals surface area contributed by atoms with E-state index in [1.54, 1.807) is 18.2 Å². The highest BCUT2D eigenvalue weighted by Crippen LogP contribution is 2.09. The van der Waals surface area contributed by atoms with Gasteiger partial charge in [-0.05, 0) is 24.6 Å². The van der Waals surface area contributed by atoms with E-state index in [4.69, 9.17) is 5.11 Å². The molecule has 1 heteroatoms. The molecule has 1 rings (SSSR count). The summed E-state index contributed by atoms with van der Waals surface area (Å²) in [5, 5.41) is 9.10. The van der Waals surface area contributed by atoms with Crippen molar-refractivity contribution in [3.8, 4) is 17.6 Å². The predicted octanol–water partition coefficient (Wildman–Crippen LogP) is 2.54. The summed E-state index contributed by atoms with van der Waals surface area (Å²) in [6, 6.07) is 7.00. The zero-order chi connectivity index (χ0) is 8.81. The first kappa shape index (κ1) is 8.67. The molecular weight excluding hydrogens is 148 g/mol. The number of aromatic hydroxyl groups is 1. The number of rotatable bonds is 1. The summed E-state index contributed by atoms with van der Waals surface area (Å²) in [5.41, 5.74) is 0.878. The molecule has 0 bridgehead atoms. The van der Waals surface area contributed by atoms with Crippen LogP contribution in [0.2, 0.25) is 0 Å². The third-order valence-electron chi connectivity index (χ3n) is 1.45. The van der Waals surface area contributed by atoms with Crippen molar-refractivity contribution < 1.29 is 5.11 Å². The minimum Gasteiger partial charge on any atom is -0.508 e. The first-order valence-electron chi connectivity index (χ1n) is 4.11. The SMILES string of the molecule is CCCC#Cc1cccc(O)c1. The van der Waals surface area contributed by atoms with E-state index in [1.165, 1.54) is 0 Å². The Morgan fingerprint density at radius 3 is 2.92 bits per heavy atom. The molecule has 0 radical (unpaired) electrons. The molecule has 1 N–H and O–H groups in total. The molecule has 1 aromatic carbocycles. The number of hydrogen-bond acceptors (Lipinski definition) is 1. The van der Waals surface area contributed by atoms with Crippen LogP contribution in [-0.2, 0) is 0 Å². The van der Waals surface area contributed by atoms with Gasteiger partial charge in [-0.25, -0.2) is 0 Å². The summed E-state index contributed by atoms with van der Waals surface area (Å²) in [5.74, 6) is 6.27. The van der Waals surface area contributed by atoms with Gasteiger partial charge in [-0.1, -0.05) is 24.8 Å². The number of hydrogen-bond donors (Lipinski definition) is 1. The first-order valence-corrected chi connectivity index (χ1v) is 4.11. The summed E-state index contributed by atoms with van der Waals surface area (Å²) >= 11 is 0. The summed E-state index contributed by atoms with van der Waals surface area (Å²) in [7, 11) is 0. The zero-order valence-electron chi connectivity index (χ0n) is 7.17. The summed E-state index contributed by atoms with van der Waals surface area (Å²) in [6.45, 7) is 2.09. The van der Waals surface area contributed by atoms with E-state index in [2.05, 4.69) is 18.8 Å². The molecule has 0 amide bonds. The Morgan fingerprint density at radius 1 is 1.42 bits per heavy atom. The van der Waals surface area contributed by atoms with Gasteiger partial charge in [0.2, 0.25) is 0 Å². The molecule has 0 atom stereocenters. The Kier molecular flexibility index (Phi) is 3.22. The second-order valence-corrected chi connectivity index (χ2v) is 2.60. The molecule has 0 saturated heterocycles. The largest absolute Gasteiger partial charge is 0.508 e. The van der Waals surface area contributed by atoms with Gasteiger partial charge in [0.05, 0.1) is 0 Å². The predicted molar refractivity (Wildman–Crippen MR) is 49.9 cm³/mol. The fourth-order valence-corrected chi connectivity index (χ4v) is 0.873. The fraction of sp³-hybridized carbons (Fsp3) is 0.273. The van der Waals surface area contributed by atoms with Crippen LogP contribution in [0, 0.1) is 11.8 Å². The smallest absolute Gasteiger partial charge is 0.116 e. The van der Waals surface area contributed by atoms with E-state index in [-0.39, 0.29) is 5.75 Å². The molecule has 0 aliphatic heterocycles. The van der Waals surface area contributed by atoms with Crippen LogP contribution in [0.3, 0.4) is 0 Å². The second-order valence-electron chi connectivity index (χ2n) is 2.60. The maximum absolute atomic E-state index is 9.10. The molecule has 0 fully saturated rings. The lowest BCUT2D eigenvalue weighted by molar-refractivity contribution is 0.475. The Morgan fingerprint density at radius 2 is 2.25 bits per heavy atom. The van der Waals surface area contributed by atoms with Crippen molar-refractivity contribution >= 4 is 0 Å². The van der Waals surface area contributed by atoms with Crippen molar-refractivity contribution in [2.75, 3.05) is 0 Å². The molecule has 0 spiro atoms. The summed E-state index contributed by atoms with van der Waals surface area (Å²) in [6.07, 6.45) is 1.99. The minimum absolute atomic E-state index is 0.276. The zero-order valence-corrected chi connectivity index (χ0v) is 7.17. The molecule has 0 saturated carbocycles. The van der Waals surface area contributed by atoms with E-state index in [0.29, 0.717) is 0 Å². The molecular formula is C11H12O. The molecule has 0 aliphatic carbocycles. The third kappa shape index (κ3) is 2.67. The Labute approximate surface area is 73.0 Å². The molecule has 1 nitrogen and oxygen atoms in total. The van der Waals surface area contributed by atoms with Crippen LogP contribution in [0.1, 0.15) is 25.3 Å². The topological polar surface area (TPSA) is 20.2 Å². The van der Waals surface area contributed by atoms with Gasteiger partial charge in [0, 0.05) is 12.0 Å². The van der Waals surface area contributed by atoms with Gasteiger partial charge in [0.25, 0.3) is 0 Å². The third-order valence-corrected chi connectivity index (χ3v) is 1.45. The van der Waals surface area contributed by atoms with Crippen molar-refractivity contribution in [1.82, 2.24) is 0 Å². The normalized spacial score (nSPS) is 8.75. The van der Waals surface area contributed by atoms with Crippen molar-refractivity contribution in [2.45, 2.75) is 19.8 Å². The van der Waals surface area contributed by atoms with Crippen molar-refractivity contribution in [1.29, 1.82) is 0 Å². The molecule has 0 aliphatic rings. The molecule has 0 unspecified atom stereocenters. The lowest BCUT2D eigenvalue weighted by atomic mass is 10.2. The second kappa shape index (κ2) is 4.46. The van der Waals surface area contributed by atoms with Gasteiger partial charge in [0.15, 0.2) is 0 Å². The average Bonchev–Trinajstić information content (AvgIpc) is 2.05. The van der Waals surface area contributed by atoms with E-state index in [0.717, 1.165) is 18.4 Å².